The molecule has 1 aromatic rings. The summed E-state index contributed by atoms with van der Waals surface area (Å²) < 4.78 is 7.71. The molecule has 1 aliphatic heterocycles. The van der Waals surface area contributed by atoms with Gasteiger partial charge in [-0.3, -0.25) is 0 Å². The van der Waals surface area contributed by atoms with Crippen molar-refractivity contribution in [2.75, 3.05) is 13.1 Å². The second kappa shape index (κ2) is 5.74. The zero-order valence-electron chi connectivity index (χ0n) is 11.3. The van der Waals surface area contributed by atoms with Crippen molar-refractivity contribution in [3.05, 3.63) is 18.7 Å². The van der Waals surface area contributed by atoms with Gasteiger partial charge in [-0.2, -0.15) is 0 Å². The molecule has 0 fully saturated rings. The van der Waals surface area contributed by atoms with Crippen molar-refractivity contribution >= 4 is 49.3 Å². The Morgan fingerprint density at radius 1 is 1.26 bits per heavy atom. The highest BCUT2D eigenvalue weighted by Crippen LogP contribution is 2.39. The topological polar surface area (TPSA) is 29.5 Å². The third kappa shape index (κ3) is 3.73. The maximum Gasteiger partial charge on any atom is 0.410 e. The highest BCUT2D eigenvalue weighted by Gasteiger charge is 2.26. The average Bonchev–Trinajstić information content (AvgIpc) is 2.48. The number of carbonyl (C=O) groups excluding carboxylic acids is 1. The number of hydrogen-bond acceptors (Lipinski definition) is 3. The zero-order chi connectivity index (χ0) is 14.2. The fourth-order valence-corrected chi connectivity index (χ4v) is 4.60. The number of hydrogen-bond donors (Lipinski definition) is 0. The van der Waals surface area contributed by atoms with Gasteiger partial charge in [0.1, 0.15) is 5.60 Å². The molecule has 0 spiro atoms. The van der Waals surface area contributed by atoms with E-state index in [1.807, 2.05) is 20.8 Å². The summed E-state index contributed by atoms with van der Waals surface area (Å²) in [6.45, 7) is 7.12. The van der Waals surface area contributed by atoms with Crippen LogP contribution in [0, 0.1) is 0 Å². The van der Waals surface area contributed by atoms with E-state index in [-0.39, 0.29) is 6.09 Å². The lowest BCUT2D eigenvalue weighted by molar-refractivity contribution is 0.0258. The van der Waals surface area contributed by atoms with E-state index in [2.05, 4.69) is 31.9 Å². The molecule has 106 valence electrons. The van der Waals surface area contributed by atoms with E-state index in [1.54, 1.807) is 16.2 Å². The Morgan fingerprint density at radius 3 is 2.53 bits per heavy atom. The zero-order valence-corrected chi connectivity index (χ0v) is 15.2. The smallest absolute Gasteiger partial charge is 0.410 e. The molecule has 1 aromatic heterocycles. The quantitative estimate of drug-likeness (QED) is 0.624. The molecule has 0 bridgehead atoms. The van der Waals surface area contributed by atoms with Crippen molar-refractivity contribution in [3.63, 3.8) is 0 Å². The van der Waals surface area contributed by atoms with Crippen LogP contribution in [0.4, 0.5) is 4.79 Å². The Balaban J connectivity index is 2.06. The third-order valence-electron chi connectivity index (χ3n) is 2.88. The highest BCUT2D eigenvalue weighted by atomic mass is 79.9. The maximum absolute atomic E-state index is 12.1. The summed E-state index contributed by atoms with van der Waals surface area (Å²) in [7, 11) is 0. The summed E-state index contributed by atoms with van der Waals surface area (Å²) in [5.74, 6) is 0. The Bertz CT molecular complexity index is 494. The Morgan fingerprint density at radius 2 is 1.89 bits per heavy atom. The largest absolute Gasteiger partial charge is 0.444 e. The average molecular weight is 411 g/mol. The van der Waals surface area contributed by atoms with E-state index in [4.69, 9.17) is 4.74 Å². The number of carbonyl (C=O) groups is 1. The van der Waals surface area contributed by atoms with E-state index in [0.717, 1.165) is 27.6 Å². The molecular weight excluding hydrogens is 394 g/mol. The first-order valence-corrected chi connectivity index (χ1v) is 8.61. The van der Waals surface area contributed by atoms with Crippen LogP contribution in [0.3, 0.4) is 0 Å². The number of rotatable bonds is 0. The van der Waals surface area contributed by atoms with E-state index < -0.39 is 5.60 Å². The fraction of sp³-hybridized carbons (Fsp3) is 0.615. The first-order valence-electron chi connectivity index (χ1n) is 6.21. The van der Waals surface area contributed by atoms with Crippen LogP contribution in [0.5, 0.6) is 0 Å². The molecule has 0 N–H and O–H groups in total. The van der Waals surface area contributed by atoms with Crippen molar-refractivity contribution in [2.45, 2.75) is 39.2 Å². The minimum absolute atomic E-state index is 0.210. The van der Waals surface area contributed by atoms with Gasteiger partial charge in [0.05, 0.1) is 3.79 Å². The molecule has 2 heterocycles. The lowest BCUT2D eigenvalue weighted by Crippen LogP contribution is -2.38. The van der Waals surface area contributed by atoms with Crippen molar-refractivity contribution in [1.29, 1.82) is 0 Å². The van der Waals surface area contributed by atoms with Gasteiger partial charge >= 0.3 is 6.09 Å². The first kappa shape index (κ1) is 15.3. The minimum atomic E-state index is -0.433. The molecule has 19 heavy (non-hydrogen) atoms. The van der Waals surface area contributed by atoms with Gasteiger partial charge in [0, 0.05) is 22.4 Å². The molecule has 0 radical (unpaired) electrons. The molecule has 0 aromatic carbocycles. The summed E-state index contributed by atoms with van der Waals surface area (Å²) in [5.41, 5.74) is 0.889. The third-order valence-corrected chi connectivity index (χ3v) is 6.51. The van der Waals surface area contributed by atoms with Crippen molar-refractivity contribution in [1.82, 2.24) is 4.90 Å². The summed E-state index contributed by atoms with van der Waals surface area (Å²) in [6.07, 6.45) is 1.55. The molecule has 1 amide bonds. The monoisotopic (exact) mass is 409 g/mol. The van der Waals surface area contributed by atoms with E-state index in [0.29, 0.717) is 6.54 Å². The van der Waals surface area contributed by atoms with Gasteiger partial charge in [0.15, 0.2) is 0 Å². The van der Waals surface area contributed by atoms with Crippen molar-refractivity contribution in [3.8, 4) is 0 Å². The maximum atomic E-state index is 12.1. The van der Waals surface area contributed by atoms with Gasteiger partial charge in [0.2, 0.25) is 0 Å². The number of ether oxygens (including phenoxy) is 1. The number of nitrogens with zero attached hydrogens (tertiary/aromatic N) is 1. The fourth-order valence-electron chi connectivity index (χ4n) is 2.01. The van der Waals surface area contributed by atoms with Crippen LogP contribution in [0.15, 0.2) is 8.26 Å². The first-order chi connectivity index (χ1) is 8.78. The molecule has 2 rings (SSSR count). The number of amides is 1. The van der Waals surface area contributed by atoms with Crippen LogP contribution in [0.2, 0.25) is 0 Å². The van der Waals surface area contributed by atoms with Gasteiger partial charge < -0.3 is 9.64 Å². The van der Waals surface area contributed by atoms with Gasteiger partial charge in [-0.25, -0.2) is 4.79 Å². The van der Waals surface area contributed by atoms with Gasteiger partial charge in [-0.05, 0) is 71.0 Å². The molecule has 3 nitrogen and oxygen atoms in total. The summed E-state index contributed by atoms with van der Waals surface area (Å²) in [5, 5.41) is 0. The second-order valence-corrected chi connectivity index (χ2v) is 8.77. The van der Waals surface area contributed by atoms with E-state index in [9.17, 15) is 4.79 Å². The van der Waals surface area contributed by atoms with Crippen LogP contribution in [0.1, 0.15) is 31.2 Å². The summed E-state index contributed by atoms with van der Waals surface area (Å²) in [6, 6.07) is 0. The summed E-state index contributed by atoms with van der Waals surface area (Å²) >= 11 is 8.91. The molecule has 0 saturated carbocycles. The van der Waals surface area contributed by atoms with Crippen LogP contribution in [0.25, 0.3) is 0 Å². The predicted octanol–water partition coefficient (Wildman–Crippen LogP) is 4.61. The summed E-state index contributed by atoms with van der Waals surface area (Å²) in [4.78, 5) is 15.2. The van der Waals surface area contributed by atoms with Crippen molar-refractivity contribution in [2.24, 2.45) is 0 Å². The van der Waals surface area contributed by atoms with Gasteiger partial charge in [-0.15, -0.1) is 11.3 Å². The molecule has 1 aliphatic rings. The minimum Gasteiger partial charge on any atom is -0.444 e. The van der Waals surface area contributed by atoms with Gasteiger partial charge in [0.25, 0.3) is 0 Å². The van der Waals surface area contributed by atoms with Crippen LogP contribution >= 0.6 is 43.2 Å². The predicted molar refractivity (Wildman–Crippen MR) is 84.9 cm³/mol. The molecule has 0 unspecified atom stereocenters. The van der Waals surface area contributed by atoms with Gasteiger partial charge in [-0.1, -0.05) is 0 Å². The lowest BCUT2D eigenvalue weighted by Gasteiger charge is -2.26. The SMILES string of the molecule is CC(C)(C)OC(=O)N1CCc2sc(Br)c(Br)c2CC1. The van der Waals surface area contributed by atoms with E-state index >= 15 is 0 Å². The number of halogens is 2. The Kier molecular flexibility index (Phi) is 4.63. The Hall–Kier alpha value is -0.0700. The normalized spacial score (nSPS) is 15.9. The Labute approximate surface area is 134 Å². The molecule has 6 heteroatoms. The van der Waals surface area contributed by atoms with Crippen LogP contribution in [-0.2, 0) is 17.6 Å². The van der Waals surface area contributed by atoms with E-state index in [1.165, 1.54) is 10.4 Å². The number of fused-ring (bicyclic) bond motifs is 1. The van der Waals surface area contributed by atoms with Crippen molar-refractivity contribution < 1.29 is 9.53 Å². The molecular formula is C13H17Br2NO2S. The molecule has 0 atom stereocenters. The standard InChI is InChI=1S/C13H17Br2NO2S/c1-13(2,3)18-12(17)16-6-4-8-9(5-7-16)19-11(15)10(8)14/h4-7H2,1-3H3. The molecule has 0 saturated heterocycles. The number of thiophene rings is 1. The van der Waals surface area contributed by atoms with Crippen LogP contribution in [-0.4, -0.2) is 29.7 Å². The highest BCUT2D eigenvalue weighted by molar-refractivity contribution is 9.13. The second-order valence-electron chi connectivity index (χ2n) is 5.56. The molecule has 0 aliphatic carbocycles. The van der Waals surface area contributed by atoms with Crippen LogP contribution < -0.4 is 0 Å². The lowest BCUT2D eigenvalue weighted by atomic mass is 10.2.